The molecule has 1 fully saturated rings. The molecule has 0 spiro atoms. The molecule has 0 bridgehead atoms. The maximum Gasteiger partial charge on any atom is 0.227 e. The van der Waals surface area contributed by atoms with Gasteiger partial charge in [-0.15, -0.1) is 12.4 Å². The Morgan fingerprint density at radius 2 is 2.05 bits per heavy atom. The average molecular weight is 283 g/mol. The van der Waals surface area contributed by atoms with E-state index >= 15 is 0 Å². The molecule has 0 saturated carbocycles. The Bertz CT molecular complexity index is 402. The van der Waals surface area contributed by atoms with Crippen LogP contribution in [0.3, 0.4) is 0 Å². The summed E-state index contributed by atoms with van der Waals surface area (Å²) in [6.45, 7) is 5.89. The number of piperidine rings is 1. The third-order valence-corrected chi connectivity index (χ3v) is 3.79. The molecule has 0 aliphatic carbocycles. The molecule has 19 heavy (non-hydrogen) atoms. The summed E-state index contributed by atoms with van der Waals surface area (Å²) < 4.78 is 0. The lowest BCUT2D eigenvalue weighted by molar-refractivity contribution is -0.131. The normalized spacial score (nSPS) is 24.1. The first-order valence-corrected chi connectivity index (χ1v) is 6.68. The van der Waals surface area contributed by atoms with E-state index in [9.17, 15) is 4.79 Å². The SMILES string of the molecule is CC(NC(=O)C1(C)CCCNC1)c1ccccc1.Cl. The molecule has 1 aliphatic rings. The summed E-state index contributed by atoms with van der Waals surface area (Å²) >= 11 is 0. The zero-order chi connectivity index (χ0) is 13.0. The van der Waals surface area contributed by atoms with Crippen molar-refractivity contribution in [1.82, 2.24) is 10.6 Å². The van der Waals surface area contributed by atoms with E-state index in [1.807, 2.05) is 44.2 Å². The Morgan fingerprint density at radius 1 is 1.37 bits per heavy atom. The van der Waals surface area contributed by atoms with Crippen LogP contribution in [-0.2, 0) is 4.79 Å². The van der Waals surface area contributed by atoms with Gasteiger partial charge in [0.1, 0.15) is 0 Å². The minimum absolute atomic E-state index is 0. The standard InChI is InChI=1S/C15H22N2O.ClH/c1-12(13-7-4-3-5-8-13)17-14(18)15(2)9-6-10-16-11-15;/h3-5,7-8,12,16H,6,9-11H2,1-2H3,(H,17,18);1H. The molecule has 2 rings (SSSR count). The van der Waals surface area contributed by atoms with Gasteiger partial charge in [-0.25, -0.2) is 0 Å². The molecular formula is C15H23ClN2O. The van der Waals surface area contributed by atoms with Crippen molar-refractivity contribution in [2.75, 3.05) is 13.1 Å². The van der Waals surface area contributed by atoms with E-state index in [1.165, 1.54) is 0 Å². The zero-order valence-electron chi connectivity index (χ0n) is 11.6. The van der Waals surface area contributed by atoms with Gasteiger partial charge in [-0.1, -0.05) is 30.3 Å². The molecule has 1 heterocycles. The van der Waals surface area contributed by atoms with Crippen molar-refractivity contribution in [3.8, 4) is 0 Å². The second-order valence-corrected chi connectivity index (χ2v) is 5.45. The molecule has 1 aromatic rings. The Balaban J connectivity index is 0.00000180. The van der Waals surface area contributed by atoms with Crippen LogP contribution in [0.15, 0.2) is 30.3 Å². The predicted molar refractivity (Wildman–Crippen MR) is 80.5 cm³/mol. The van der Waals surface area contributed by atoms with Crippen molar-refractivity contribution < 1.29 is 4.79 Å². The Kier molecular flexibility index (Phi) is 5.83. The first-order valence-electron chi connectivity index (χ1n) is 6.68. The van der Waals surface area contributed by atoms with Gasteiger partial charge in [-0.2, -0.15) is 0 Å². The fourth-order valence-electron chi connectivity index (χ4n) is 2.45. The number of hydrogen-bond acceptors (Lipinski definition) is 2. The van der Waals surface area contributed by atoms with E-state index in [0.29, 0.717) is 0 Å². The van der Waals surface area contributed by atoms with E-state index in [2.05, 4.69) is 10.6 Å². The highest BCUT2D eigenvalue weighted by atomic mass is 35.5. The first kappa shape index (κ1) is 16.0. The number of benzene rings is 1. The summed E-state index contributed by atoms with van der Waals surface area (Å²) in [5, 5.41) is 6.44. The Hall–Kier alpha value is -1.06. The van der Waals surface area contributed by atoms with E-state index in [4.69, 9.17) is 0 Å². The molecule has 1 amide bonds. The van der Waals surface area contributed by atoms with Crippen LogP contribution in [0.4, 0.5) is 0 Å². The summed E-state index contributed by atoms with van der Waals surface area (Å²) in [6.07, 6.45) is 2.04. The van der Waals surface area contributed by atoms with Crippen LogP contribution in [0.1, 0.15) is 38.3 Å². The lowest BCUT2D eigenvalue weighted by Gasteiger charge is -2.33. The van der Waals surface area contributed by atoms with Gasteiger partial charge in [0.15, 0.2) is 0 Å². The molecule has 2 unspecified atom stereocenters. The molecule has 0 aromatic heterocycles. The van der Waals surface area contributed by atoms with Crippen molar-refractivity contribution in [2.24, 2.45) is 5.41 Å². The fourth-order valence-corrected chi connectivity index (χ4v) is 2.45. The Labute approximate surface area is 121 Å². The van der Waals surface area contributed by atoms with Crippen molar-refractivity contribution in [3.05, 3.63) is 35.9 Å². The van der Waals surface area contributed by atoms with E-state index in [1.54, 1.807) is 0 Å². The number of halogens is 1. The molecule has 4 heteroatoms. The third kappa shape index (κ3) is 3.95. The van der Waals surface area contributed by atoms with Gasteiger partial charge in [-0.05, 0) is 38.8 Å². The minimum atomic E-state index is -0.263. The topological polar surface area (TPSA) is 41.1 Å². The second kappa shape index (κ2) is 6.92. The summed E-state index contributed by atoms with van der Waals surface area (Å²) in [4.78, 5) is 12.4. The maximum atomic E-state index is 12.4. The van der Waals surface area contributed by atoms with Gasteiger partial charge < -0.3 is 10.6 Å². The highest BCUT2D eigenvalue weighted by Crippen LogP contribution is 2.26. The van der Waals surface area contributed by atoms with Crippen molar-refractivity contribution in [3.63, 3.8) is 0 Å². The van der Waals surface area contributed by atoms with Gasteiger partial charge in [0, 0.05) is 6.54 Å². The largest absolute Gasteiger partial charge is 0.349 e. The summed E-state index contributed by atoms with van der Waals surface area (Å²) in [7, 11) is 0. The fraction of sp³-hybridized carbons (Fsp3) is 0.533. The molecule has 2 N–H and O–H groups in total. The van der Waals surface area contributed by atoms with Crippen molar-refractivity contribution >= 4 is 18.3 Å². The van der Waals surface area contributed by atoms with Crippen LogP contribution in [-0.4, -0.2) is 19.0 Å². The molecule has 106 valence electrons. The summed E-state index contributed by atoms with van der Waals surface area (Å²) in [6, 6.07) is 10.2. The zero-order valence-corrected chi connectivity index (χ0v) is 12.4. The number of carbonyl (C=O) groups excluding carboxylic acids is 1. The van der Waals surface area contributed by atoms with Gasteiger partial charge in [0.05, 0.1) is 11.5 Å². The number of carbonyl (C=O) groups is 1. The number of amides is 1. The smallest absolute Gasteiger partial charge is 0.227 e. The molecule has 0 radical (unpaired) electrons. The minimum Gasteiger partial charge on any atom is -0.349 e. The number of nitrogens with one attached hydrogen (secondary N) is 2. The highest BCUT2D eigenvalue weighted by Gasteiger charge is 2.35. The first-order chi connectivity index (χ1) is 8.62. The average Bonchev–Trinajstić information content (AvgIpc) is 2.40. The molecule has 1 saturated heterocycles. The molecule has 2 atom stereocenters. The lowest BCUT2D eigenvalue weighted by atomic mass is 9.81. The summed E-state index contributed by atoms with van der Waals surface area (Å²) in [5.41, 5.74) is 0.889. The molecule has 1 aromatic carbocycles. The van der Waals surface area contributed by atoms with Gasteiger partial charge in [0.25, 0.3) is 0 Å². The van der Waals surface area contributed by atoms with Gasteiger partial charge in [0.2, 0.25) is 5.91 Å². The predicted octanol–water partition coefficient (Wildman–Crippen LogP) is 2.68. The van der Waals surface area contributed by atoms with Crippen LogP contribution in [0.5, 0.6) is 0 Å². The Morgan fingerprint density at radius 3 is 2.63 bits per heavy atom. The highest BCUT2D eigenvalue weighted by molar-refractivity contribution is 5.85. The van der Waals surface area contributed by atoms with Crippen LogP contribution in [0, 0.1) is 5.41 Å². The quantitative estimate of drug-likeness (QED) is 0.895. The monoisotopic (exact) mass is 282 g/mol. The second-order valence-electron chi connectivity index (χ2n) is 5.45. The molecule has 3 nitrogen and oxygen atoms in total. The van der Waals surface area contributed by atoms with E-state index in [0.717, 1.165) is 31.5 Å². The van der Waals surface area contributed by atoms with Crippen LogP contribution in [0.2, 0.25) is 0 Å². The third-order valence-electron chi connectivity index (χ3n) is 3.79. The molecule has 1 aliphatic heterocycles. The van der Waals surface area contributed by atoms with Crippen LogP contribution < -0.4 is 10.6 Å². The maximum absolute atomic E-state index is 12.4. The summed E-state index contributed by atoms with van der Waals surface area (Å²) in [5.74, 6) is 0.158. The van der Waals surface area contributed by atoms with E-state index in [-0.39, 0.29) is 29.8 Å². The van der Waals surface area contributed by atoms with Crippen LogP contribution in [0.25, 0.3) is 0 Å². The molecular weight excluding hydrogens is 260 g/mol. The van der Waals surface area contributed by atoms with Gasteiger partial charge in [-0.3, -0.25) is 4.79 Å². The van der Waals surface area contributed by atoms with Gasteiger partial charge >= 0.3 is 0 Å². The van der Waals surface area contributed by atoms with Crippen molar-refractivity contribution in [1.29, 1.82) is 0 Å². The lowest BCUT2D eigenvalue weighted by Crippen LogP contribution is -2.49. The number of rotatable bonds is 3. The van der Waals surface area contributed by atoms with Crippen molar-refractivity contribution in [2.45, 2.75) is 32.7 Å². The van der Waals surface area contributed by atoms with Crippen LogP contribution >= 0.6 is 12.4 Å². The number of hydrogen-bond donors (Lipinski definition) is 2. The van der Waals surface area contributed by atoms with E-state index < -0.39 is 0 Å².